The maximum atomic E-state index is 12.8. The number of aryl methyl sites for hydroxylation is 1. The predicted molar refractivity (Wildman–Crippen MR) is 129 cm³/mol. The Labute approximate surface area is 194 Å². The van der Waals surface area contributed by atoms with Gasteiger partial charge in [-0.15, -0.1) is 0 Å². The summed E-state index contributed by atoms with van der Waals surface area (Å²) in [4.78, 5) is 11.7. The molecule has 1 aromatic heterocycles. The zero-order chi connectivity index (χ0) is 22.8. The van der Waals surface area contributed by atoms with Gasteiger partial charge in [0.1, 0.15) is 11.6 Å². The first-order chi connectivity index (χ1) is 16.0. The molecule has 2 aromatic carbocycles. The fraction of sp³-hybridized carbons (Fsp3) is 0.333. The third kappa shape index (κ3) is 4.88. The van der Waals surface area contributed by atoms with Crippen molar-refractivity contribution in [2.45, 2.75) is 37.5 Å². The number of piperidine rings is 1. The molecule has 2 aliphatic rings. The van der Waals surface area contributed by atoms with Crippen LogP contribution in [0.15, 0.2) is 53.4 Å². The van der Waals surface area contributed by atoms with Gasteiger partial charge in [-0.3, -0.25) is 4.72 Å². The van der Waals surface area contributed by atoms with Crippen molar-refractivity contribution in [2.24, 2.45) is 0 Å². The smallest absolute Gasteiger partial charge is 0.261 e. The highest BCUT2D eigenvalue weighted by Gasteiger charge is 2.19. The van der Waals surface area contributed by atoms with Gasteiger partial charge in [-0.05, 0) is 74.2 Å². The van der Waals surface area contributed by atoms with Gasteiger partial charge in [0.05, 0.1) is 11.5 Å². The highest BCUT2D eigenvalue weighted by Crippen LogP contribution is 2.29. The average Bonchev–Trinajstić information content (AvgIpc) is 3.28. The minimum atomic E-state index is -3.69. The van der Waals surface area contributed by atoms with Crippen LogP contribution >= 0.6 is 0 Å². The lowest BCUT2D eigenvalue weighted by Crippen LogP contribution is -2.30. The van der Waals surface area contributed by atoms with E-state index in [0.717, 1.165) is 48.0 Å². The number of ether oxygens (including phenoxy) is 1. The lowest BCUT2D eigenvalue weighted by molar-refractivity contribution is 0.356. The Morgan fingerprint density at radius 2 is 1.70 bits per heavy atom. The van der Waals surface area contributed by atoms with Gasteiger partial charge in [0, 0.05) is 42.6 Å². The number of sulfonamides is 1. The monoisotopic (exact) mass is 465 g/mol. The van der Waals surface area contributed by atoms with E-state index >= 15 is 0 Å². The van der Waals surface area contributed by atoms with Crippen molar-refractivity contribution < 1.29 is 13.2 Å². The van der Waals surface area contributed by atoms with Crippen molar-refractivity contribution in [3.8, 4) is 5.75 Å². The van der Waals surface area contributed by atoms with Crippen molar-refractivity contribution in [1.82, 2.24) is 9.97 Å². The lowest BCUT2D eigenvalue weighted by Gasteiger charge is -2.28. The molecule has 5 rings (SSSR count). The quantitative estimate of drug-likeness (QED) is 0.562. The molecular formula is C24H27N5O3S. The van der Waals surface area contributed by atoms with E-state index in [1.54, 1.807) is 42.5 Å². The van der Waals surface area contributed by atoms with Gasteiger partial charge in [-0.25, -0.2) is 13.4 Å². The topological polar surface area (TPSA) is 96.5 Å². The number of fused-ring (bicyclic) bond motifs is 1. The summed E-state index contributed by atoms with van der Waals surface area (Å²) < 4.78 is 33.7. The van der Waals surface area contributed by atoms with Crippen molar-refractivity contribution in [3.63, 3.8) is 0 Å². The van der Waals surface area contributed by atoms with Gasteiger partial charge in [0.25, 0.3) is 10.0 Å². The van der Waals surface area contributed by atoms with Gasteiger partial charge >= 0.3 is 0 Å². The van der Waals surface area contributed by atoms with Gasteiger partial charge in [-0.2, -0.15) is 4.98 Å². The van der Waals surface area contributed by atoms with Gasteiger partial charge in [0.2, 0.25) is 5.95 Å². The van der Waals surface area contributed by atoms with Crippen molar-refractivity contribution in [1.29, 1.82) is 0 Å². The summed E-state index contributed by atoms with van der Waals surface area (Å²) in [6, 6.07) is 14.0. The molecule has 9 heteroatoms. The summed E-state index contributed by atoms with van der Waals surface area (Å²) in [5.74, 6) is 2.23. The third-order valence-electron chi connectivity index (χ3n) is 5.89. The molecule has 0 bridgehead atoms. The molecule has 0 spiro atoms. The van der Waals surface area contributed by atoms with Gasteiger partial charge < -0.3 is 15.0 Å². The molecule has 172 valence electrons. The van der Waals surface area contributed by atoms with E-state index < -0.39 is 10.0 Å². The maximum Gasteiger partial charge on any atom is 0.261 e. The molecule has 3 heterocycles. The number of hydrogen-bond donors (Lipinski definition) is 2. The Hall–Kier alpha value is -3.33. The molecular weight excluding hydrogens is 438 g/mol. The Morgan fingerprint density at radius 1 is 0.939 bits per heavy atom. The molecule has 0 unspecified atom stereocenters. The van der Waals surface area contributed by atoms with Gasteiger partial charge in [-0.1, -0.05) is 0 Å². The van der Waals surface area contributed by atoms with Crippen LogP contribution in [-0.4, -0.2) is 38.1 Å². The highest BCUT2D eigenvalue weighted by atomic mass is 32.2. The van der Waals surface area contributed by atoms with E-state index in [0.29, 0.717) is 18.2 Å². The Kier molecular flexibility index (Phi) is 5.80. The molecule has 1 saturated heterocycles. The van der Waals surface area contributed by atoms with E-state index in [9.17, 15) is 8.42 Å². The summed E-state index contributed by atoms with van der Waals surface area (Å²) in [5, 5.41) is 3.23. The van der Waals surface area contributed by atoms with E-state index in [1.165, 1.54) is 19.3 Å². The van der Waals surface area contributed by atoms with E-state index in [4.69, 9.17) is 4.74 Å². The second-order valence-electron chi connectivity index (χ2n) is 8.41. The summed E-state index contributed by atoms with van der Waals surface area (Å²) in [6.07, 6.45) is 4.35. The Morgan fingerprint density at radius 3 is 2.48 bits per heavy atom. The number of rotatable bonds is 6. The summed E-state index contributed by atoms with van der Waals surface area (Å²) in [6.45, 7) is 4.58. The standard InChI is InChI=1S/C24H27N5O3S/c1-17-15-23(29-12-3-2-4-13-29)27-24(25-17)26-19-5-7-20(8-6-19)28-33(30,31)21-9-10-22-18(16-21)11-14-32-22/h5-10,15-16,28H,2-4,11-14H2,1H3,(H,25,26,27). The number of nitrogens with zero attached hydrogens (tertiary/aromatic N) is 3. The average molecular weight is 466 g/mol. The zero-order valence-electron chi connectivity index (χ0n) is 18.5. The summed E-state index contributed by atoms with van der Waals surface area (Å²) in [5.41, 5.74) is 3.08. The highest BCUT2D eigenvalue weighted by molar-refractivity contribution is 7.92. The number of aromatic nitrogens is 2. The van der Waals surface area contributed by atoms with Crippen molar-refractivity contribution >= 4 is 33.2 Å². The molecule has 0 radical (unpaired) electrons. The normalized spacial score (nSPS) is 15.6. The maximum absolute atomic E-state index is 12.8. The first kappa shape index (κ1) is 21.5. The van der Waals surface area contributed by atoms with Crippen LogP contribution in [0.3, 0.4) is 0 Å². The molecule has 1 fully saturated rings. The second-order valence-corrected chi connectivity index (χ2v) is 10.1. The molecule has 33 heavy (non-hydrogen) atoms. The largest absolute Gasteiger partial charge is 0.493 e. The molecule has 0 saturated carbocycles. The van der Waals surface area contributed by atoms with Crippen LogP contribution in [-0.2, 0) is 16.4 Å². The van der Waals surface area contributed by atoms with E-state index in [2.05, 4.69) is 24.9 Å². The van der Waals surface area contributed by atoms with Crippen LogP contribution in [0.2, 0.25) is 0 Å². The predicted octanol–water partition coefficient (Wildman–Crippen LogP) is 4.25. The molecule has 2 N–H and O–H groups in total. The Balaban J connectivity index is 1.28. The fourth-order valence-electron chi connectivity index (χ4n) is 4.19. The van der Waals surface area contributed by atoms with Gasteiger partial charge in [0.15, 0.2) is 0 Å². The molecule has 0 atom stereocenters. The summed E-state index contributed by atoms with van der Waals surface area (Å²) >= 11 is 0. The fourth-order valence-corrected chi connectivity index (χ4v) is 5.30. The lowest BCUT2D eigenvalue weighted by atomic mass is 10.1. The second kappa shape index (κ2) is 8.90. The number of hydrogen-bond acceptors (Lipinski definition) is 7. The van der Waals surface area contributed by atoms with Crippen LogP contribution in [0.5, 0.6) is 5.75 Å². The van der Waals surface area contributed by atoms with E-state index in [1.807, 2.05) is 13.0 Å². The first-order valence-corrected chi connectivity index (χ1v) is 12.7. The third-order valence-corrected chi connectivity index (χ3v) is 7.26. The minimum Gasteiger partial charge on any atom is -0.493 e. The van der Waals surface area contributed by atoms with Crippen molar-refractivity contribution in [3.05, 3.63) is 59.8 Å². The Bertz CT molecular complexity index is 1260. The van der Waals surface area contributed by atoms with Crippen LogP contribution in [0.1, 0.15) is 30.5 Å². The van der Waals surface area contributed by atoms with Crippen LogP contribution in [0.4, 0.5) is 23.1 Å². The van der Waals surface area contributed by atoms with Crippen LogP contribution in [0.25, 0.3) is 0 Å². The van der Waals surface area contributed by atoms with Crippen molar-refractivity contribution in [2.75, 3.05) is 34.6 Å². The zero-order valence-corrected chi connectivity index (χ0v) is 19.4. The number of anilines is 4. The molecule has 3 aromatic rings. The molecule has 8 nitrogen and oxygen atoms in total. The SMILES string of the molecule is Cc1cc(N2CCCCC2)nc(Nc2ccc(NS(=O)(=O)c3ccc4c(c3)CCO4)cc2)n1. The van der Waals surface area contributed by atoms with E-state index in [-0.39, 0.29) is 4.90 Å². The summed E-state index contributed by atoms with van der Waals surface area (Å²) in [7, 11) is -3.69. The number of nitrogens with one attached hydrogen (secondary N) is 2. The minimum absolute atomic E-state index is 0.229. The number of benzene rings is 2. The van der Waals surface area contributed by atoms with Crippen LogP contribution < -0.4 is 19.7 Å². The first-order valence-electron chi connectivity index (χ1n) is 11.2. The molecule has 0 amide bonds. The van der Waals surface area contributed by atoms with Crippen LogP contribution in [0, 0.1) is 6.92 Å². The molecule has 0 aliphatic carbocycles. The molecule has 2 aliphatic heterocycles.